The first-order valence-corrected chi connectivity index (χ1v) is 7.31. The normalized spacial score (nSPS) is 16.1. The standard InChI is InChI=1S/C18H24O/c1-4-15-5-7-16(8-6-15)13-17(19)9-10-18(11-12-18)14(2)3/h5-8H,2,4,9-13H2,1,3H3. The van der Waals surface area contributed by atoms with Crippen LogP contribution in [0.3, 0.4) is 0 Å². The van der Waals surface area contributed by atoms with Crippen LogP contribution in [0, 0.1) is 5.41 Å². The molecule has 0 saturated heterocycles. The van der Waals surface area contributed by atoms with Crippen LogP contribution in [0.25, 0.3) is 0 Å². The monoisotopic (exact) mass is 256 g/mol. The smallest absolute Gasteiger partial charge is 0.137 e. The zero-order valence-corrected chi connectivity index (χ0v) is 12.2. The fourth-order valence-corrected chi connectivity index (χ4v) is 2.63. The van der Waals surface area contributed by atoms with E-state index in [1.807, 2.05) is 0 Å². The van der Waals surface area contributed by atoms with E-state index in [0.29, 0.717) is 24.0 Å². The maximum absolute atomic E-state index is 12.0. The van der Waals surface area contributed by atoms with Crippen molar-refractivity contribution in [2.45, 2.75) is 52.4 Å². The van der Waals surface area contributed by atoms with Gasteiger partial charge in [0.15, 0.2) is 0 Å². The molecule has 0 bridgehead atoms. The lowest BCUT2D eigenvalue weighted by Gasteiger charge is -2.14. The number of hydrogen-bond acceptors (Lipinski definition) is 1. The highest BCUT2D eigenvalue weighted by Gasteiger charge is 2.42. The Morgan fingerprint density at radius 3 is 2.26 bits per heavy atom. The molecule has 1 aliphatic rings. The molecular weight excluding hydrogens is 232 g/mol. The van der Waals surface area contributed by atoms with Gasteiger partial charge in [0.2, 0.25) is 0 Å². The van der Waals surface area contributed by atoms with Crippen LogP contribution in [-0.4, -0.2) is 5.78 Å². The number of aryl methyl sites for hydroxylation is 1. The van der Waals surface area contributed by atoms with Crippen molar-refractivity contribution >= 4 is 5.78 Å². The van der Waals surface area contributed by atoms with Gasteiger partial charge in [-0.25, -0.2) is 0 Å². The minimum Gasteiger partial charge on any atom is -0.299 e. The summed E-state index contributed by atoms with van der Waals surface area (Å²) in [6.45, 7) is 8.30. The Hall–Kier alpha value is -1.37. The molecule has 1 nitrogen and oxygen atoms in total. The molecule has 2 rings (SSSR count). The molecule has 1 fully saturated rings. The average Bonchev–Trinajstić information content (AvgIpc) is 3.18. The summed E-state index contributed by atoms with van der Waals surface area (Å²) < 4.78 is 0. The third-order valence-corrected chi connectivity index (χ3v) is 4.47. The topological polar surface area (TPSA) is 17.1 Å². The average molecular weight is 256 g/mol. The first-order chi connectivity index (χ1) is 9.05. The molecule has 0 amide bonds. The molecule has 0 unspecified atom stereocenters. The van der Waals surface area contributed by atoms with Crippen molar-refractivity contribution in [3.63, 3.8) is 0 Å². The highest BCUT2D eigenvalue weighted by Crippen LogP contribution is 2.54. The van der Waals surface area contributed by atoms with Gasteiger partial charge in [-0.05, 0) is 49.1 Å². The van der Waals surface area contributed by atoms with Crippen LogP contribution < -0.4 is 0 Å². The van der Waals surface area contributed by atoms with Gasteiger partial charge in [-0.2, -0.15) is 0 Å². The Labute approximate surface area is 116 Å². The van der Waals surface area contributed by atoms with Gasteiger partial charge < -0.3 is 0 Å². The molecule has 0 aromatic heterocycles. The van der Waals surface area contributed by atoms with Crippen LogP contribution in [0.1, 0.15) is 50.7 Å². The summed E-state index contributed by atoms with van der Waals surface area (Å²) in [5, 5.41) is 0. The van der Waals surface area contributed by atoms with Crippen LogP contribution >= 0.6 is 0 Å². The van der Waals surface area contributed by atoms with Crippen molar-refractivity contribution in [1.29, 1.82) is 0 Å². The first-order valence-electron chi connectivity index (χ1n) is 7.31. The van der Waals surface area contributed by atoms with E-state index in [2.05, 4.69) is 44.7 Å². The molecule has 1 aliphatic carbocycles. The highest BCUT2D eigenvalue weighted by atomic mass is 16.1. The highest BCUT2D eigenvalue weighted by molar-refractivity contribution is 5.81. The van der Waals surface area contributed by atoms with E-state index in [-0.39, 0.29) is 0 Å². The zero-order valence-electron chi connectivity index (χ0n) is 12.2. The van der Waals surface area contributed by atoms with Crippen molar-refractivity contribution < 1.29 is 4.79 Å². The molecule has 1 aromatic rings. The van der Waals surface area contributed by atoms with Crippen molar-refractivity contribution in [3.05, 3.63) is 47.5 Å². The van der Waals surface area contributed by atoms with Crippen LogP contribution in [0.4, 0.5) is 0 Å². The van der Waals surface area contributed by atoms with Crippen LogP contribution in [0.5, 0.6) is 0 Å². The van der Waals surface area contributed by atoms with Crippen molar-refractivity contribution in [1.82, 2.24) is 0 Å². The summed E-state index contributed by atoms with van der Waals surface area (Å²) in [5.41, 5.74) is 4.03. The number of hydrogen-bond donors (Lipinski definition) is 0. The lowest BCUT2D eigenvalue weighted by Crippen LogP contribution is -2.08. The SMILES string of the molecule is C=C(C)C1(CCC(=O)Cc2ccc(CC)cc2)CC1. The van der Waals surface area contributed by atoms with Gasteiger partial charge in [-0.3, -0.25) is 4.79 Å². The second-order valence-corrected chi connectivity index (χ2v) is 5.95. The molecule has 0 aliphatic heterocycles. The number of carbonyl (C=O) groups excluding carboxylic acids is 1. The van der Waals surface area contributed by atoms with Crippen LogP contribution in [0.15, 0.2) is 36.4 Å². The number of allylic oxidation sites excluding steroid dienone is 1. The molecular formula is C18H24O. The molecule has 0 heterocycles. The van der Waals surface area contributed by atoms with Gasteiger partial charge in [-0.1, -0.05) is 43.3 Å². The van der Waals surface area contributed by atoms with Gasteiger partial charge in [-0.15, -0.1) is 0 Å². The maximum atomic E-state index is 12.0. The van der Waals surface area contributed by atoms with Gasteiger partial charge in [0.25, 0.3) is 0 Å². The molecule has 0 spiro atoms. The lowest BCUT2D eigenvalue weighted by molar-refractivity contribution is -0.118. The fraction of sp³-hybridized carbons (Fsp3) is 0.500. The van der Waals surface area contributed by atoms with E-state index in [9.17, 15) is 4.79 Å². The van der Waals surface area contributed by atoms with Crippen LogP contribution in [-0.2, 0) is 17.6 Å². The third kappa shape index (κ3) is 3.56. The van der Waals surface area contributed by atoms with Gasteiger partial charge in [0, 0.05) is 12.8 Å². The number of rotatable bonds is 7. The minimum atomic E-state index is 0.307. The minimum absolute atomic E-state index is 0.307. The Bertz CT molecular complexity index is 463. The summed E-state index contributed by atoms with van der Waals surface area (Å²) in [6, 6.07) is 8.42. The van der Waals surface area contributed by atoms with E-state index >= 15 is 0 Å². The van der Waals surface area contributed by atoms with Gasteiger partial charge in [0.1, 0.15) is 5.78 Å². The first kappa shape index (κ1) is 14.0. The maximum Gasteiger partial charge on any atom is 0.137 e. The summed E-state index contributed by atoms with van der Waals surface area (Å²) in [7, 11) is 0. The molecule has 1 saturated carbocycles. The van der Waals surface area contributed by atoms with Gasteiger partial charge >= 0.3 is 0 Å². The summed E-state index contributed by atoms with van der Waals surface area (Å²) in [5.74, 6) is 0.358. The Balaban J connectivity index is 1.82. The summed E-state index contributed by atoms with van der Waals surface area (Å²) in [4.78, 5) is 12.0. The number of ketones is 1. The second-order valence-electron chi connectivity index (χ2n) is 5.95. The summed E-state index contributed by atoms with van der Waals surface area (Å²) in [6.07, 6.45) is 5.77. The zero-order chi connectivity index (χ0) is 13.9. The molecule has 1 heteroatoms. The van der Waals surface area contributed by atoms with Crippen molar-refractivity contribution in [2.24, 2.45) is 5.41 Å². The Morgan fingerprint density at radius 1 is 1.21 bits per heavy atom. The van der Waals surface area contributed by atoms with E-state index in [1.165, 1.54) is 24.0 Å². The number of Topliss-reactive ketones (excluding diaryl/α,β-unsaturated/α-hetero) is 1. The number of benzene rings is 1. The van der Waals surface area contributed by atoms with E-state index in [4.69, 9.17) is 0 Å². The van der Waals surface area contributed by atoms with E-state index in [0.717, 1.165) is 18.4 Å². The fourth-order valence-electron chi connectivity index (χ4n) is 2.63. The van der Waals surface area contributed by atoms with Gasteiger partial charge in [0.05, 0.1) is 0 Å². The second kappa shape index (κ2) is 5.73. The summed E-state index contributed by atoms with van der Waals surface area (Å²) >= 11 is 0. The Kier molecular flexibility index (Phi) is 4.24. The van der Waals surface area contributed by atoms with E-state index in [1.54, 1.807) is 0 Å². The quantitative estimate of drug-likeness (QED) is 0.657. The predicted molar refractivity (Wildman–Crippen MR) is 80.2 cm³/mol. The third-order valence-electron chi connectivity index (χ3n) is 4.47. The molecule has 19 heavy (non-hydrogen) atoms. The Morgan fingerprint density at radius 2 is 1.79 bits per heavy atom. The molecule has 102 valence electrons. The molecule has 0 atom stereocenters. The van der Waals surface area contributed by atoms with Crippen molar-refractivity contribution in [3.8, 4) is 0 Å². The predicted octanol–water partition coefficient (Wildman–Crippen LogP) is 4.50. The molecule has 0 N–H and O–H groups in total. The molecule has 0 radical (unpaired) electrons. The molecule has 1 aromatic carbocycles. The largest absolute Gasteiger partial charge is 0.299 e. The number of carbonyl (C=O) groups is 1. The van der Waals surface area contributed by atoms with Crippen LogP contribution in [0.2, 0.25) is 0 Å². The van der Waals surface area contributed by atoms with Crippen molar-refractivity contribution in [2.75, 3.05) is 0 Å². The lowest BCUT2D eigenvalue weighted by atomic mass is 9.91. The van der Waals surface area contributed by atoms with E-state index < -0.39 is 0 Å².